The summed E-state index contributed by atoms with van der Waals surface area (Å²) in [6.07, 6.45) is 104. The van der Waals surface area contributed by atoms with Gasteiger partial charge in [-0.15, -0.1) is 0 Å². The Morgan fingerprint density at radius 3 is 0.771 bits per heavy atom. The molecule has 624 valence electrons. The number of aliphatic hydroxyl groups excluding tert-OH is 2. The van der Waals surface area contributed by atoms with Crippen LogP contribution in [0.3, 0.4) is 0 Å². The summed E-state index contributed by atoms with van der Waals surface area (Å²) in [6.45, 7) is 2.50. The van der Waals surface area contributed by atoms with E-state index < -0.39 is 91.5 Å². The summed E-state index contributed by atoms with van der Waals surface area (Å²) < 4.78 is 61.3. The molecule has 0 aromatic rings. The van der Waals surface area contributed by atoms with Crippen LogP contribution < -0.4 is 0 Å². The molecule has 5 atom stereocenters. The number of carbonyl (C=O) groups excluding carboxylic acids is 3. The second-order valence-electron chi connectivity index (χ2n) is 28.2. The number of phosphoric ester groups is 2. The average molecular weight is 1570 g/mol. The van der Waals surface area contributed by atoms with Gasteiger partial charge in [-0.3, -0.25) is 32.5 Å². The van der Waals surface area contributed by atoms with E-state index in [9.17, 15) is 43.5 Å². The fourth-order valence-electron chi connectivity index (χ4n) is 11.2. The van der Waals surface area contributed by atoms with E-state index in [0.29, 0.717) is 19.3 Å². The van der Waals surface area contributed by atoms with Crippen molar-refractivity contribution in [1.29, 1.82) is 0 Å². The first-order valence-corrected chi connectivity index (χ1v) is 45.8. The van der Waals surface area contributed by atoms with Gasteiger partial charge in [0.1, 0.15) is 25.4 Å². The molecule has 4 N–H and O–H groups in total. The third-order valence-corrected chi connectivity index (χ3v) is 19.6. The van der Waals surface area contributed by atoms with E-state index in [2.05, 4.69) is 179 Å². The zero-order chi connectivity index (χ0) is 79.4. The Morgan fingerprint density at radius 1 is 0.266 bits per heavy atom. The fourth-order valence-corrected chi connectivity index (χ4v) is 12.8. The molecule has 0 amide bonds. The zero-order valence-corrected chi connectivity index (χ0v) is 70.2. The van der Waals surface area contributed by atoms with Gasteiger partial charge in [-0.05, 0) is 154 Å². The number of aliphatic hydroxyl groups is 2. The summed E-state index contributed by atoms with van der Waals surface area (Å²) in [6, 6.07) is 0. The van der Waals surface area contributed by atoms with Crippen LogP contribution in [-0.2, 0) is 55.8 Å². The molecule has 0 fully saturated rings. The summed E-state index contributed by atoms with van der Waals surface area (Å²) in [7, 11) is -9.82. The maximum atomic E-state index is 13.0. The third-order valence-electron chi connectivity index (χ3n) is 17.7. The number of allylic oxidation sites excluding steroid dienone is 26. The molecule has 0 spiro atoms. The number of carbonyl (C=O) groups is 3. The Hall–Kier alpha value is -4.83. The quantitative estimate of drug-likeness (QED) is 0.0146. The van der Waals surface area contributed by atoms with E-state index >= 15 is 0 Å². The van der Waals surface area contributed by atoms with Gasteiger partial charge in [-0.25, -0.2) is 9.13 Å². The van der Waals surface area contributed by atoms with Gasteiger partial charge in [0.2, 0.25) is 0 Å². The third kappa shape index (κ3) is 83.9. The van der Waals surface area contributed by atoms with E-state index in [1.807, 2.05) is 0 Å². The number of hydrogen-bond acceptors (Lipinski definition) is 14. The highest BCUT2D eigenvalue weighted by Gasteiger charge is 2.29. The zero-order valence-electron chi connectivity index (χ0n) is 68.4. The van der Waals surface area contributed by atoms with E-state index in [4.69, 9.17) is 32.3 Å². The van der Waals surface area contributed by atoms with Gasteiger partial charge in [0.25, 0.3) is 0 Å². The standard InChI is InChI=1S/C91H154O16P2/c1-4-7-10-13-16-19-22-25-28-31-34-37-39-41-42-44-46-48-50-53-56-59-62-65-68-71-74-77-89(94)101-80-86(92)81-103-108(97,98)104-82-87(93)83-105-109(99,100)106-85-88(107-91(96)79-76-73-70-67-64-61-58-55-52-47-36-33-30-27-24-21-18-15-12-9-6-3)84-102-90(95)78-75-72-69-66-63-60-57-54-51-49-45-43-40-38-35-32-29-26-23-20-17-14-11-8-5-2/h9,12,16-21,25-30,34-38,41-43,45,47,55,58,86-88,92-93H,4-8,10-11,13-15,22-24,31-33,39-40,44,46,48-54,56-57,59-85H2,1-3H3,(H,97,98)(H,99,100)/b12-9-,19-16-,20-17-,21-18-,28-25-,29-26-,30-27-,37-34-,38-35-,42-41-,45-43-,47-36-,58-55-. The van der Waals surface area contributed by atoms with Crippen molar-refractivity contribution in [2.45, 2.75) is 360 Å². The maximum absolute atomic E-state index is 13.0. The van der Waals surface area contributed by atoms with Crippen molar-refractivity contribution in [2.75, 3.05) is 39.6 Å². The summed E-state index contributed by atoms with van der Waals surface area (Å²) >= 11 is 0. The Bertz CT molecular complexity index is 2610. The fraction of sp³-hybridized carbons (Fsp3) is 0.681. The molecule has 109 heavy (non-hydrogen) atoms. The molecular formula is C91H154O16P2. The van der Waals surface area contributed by atoms with Gasteiger partial charge < -0.3 is 34.2 Å². The molecule has 0 saturated heterocycles. The molecule has 0 aromatic heterocycles. The van der Waals surface area contributed by atoms with Crippen molar-refractivity contribution in [3.8, 4) is 0 Å². The Balaban J connectivity index is 4.68. The predicted octanol–water partition coefficient (Wildman–Crippen LogP) is 25.8. The highest BCUT2D eigenvalue weighted by Crippen LogP contribution is 2.45. The van der Waals surface area contributed by atoms with E-state index in [0.717, 1.165) is 161 Å². The molecule has 0 radical (unpaired) electrons. The van der Waals surface area contributed by atoms with Crippen LogP contribution in [0.5, 0.6) is 0 Å². The first-order valence-electron chi connectivity index (χ1n) is 42.8. The van der Waals surface area contributed by atoms with Crippen LogP contribution >= 0.6 is 15.6 Å². The molecule has 0 aliphatic carbocycles. The smallest absolute Gasteiger partial charge is 0.463 e. The summed E-state index contributed by atoms with van der Waals surface area (Å²) in [4.78, 5) is 58.9. The van der Waals surface area contributed by atoms with Gasteiger partial charge >= 0.3 is 33.6 Å². The van der Waals surface area contributed by atoms with E-state index in [-0.39, 0.29) is 19.3 Å². The van der Waals surface area contributed by atoms with E-state index in [1.165, 1.54) is 122 Å². The highest BCUT2D eigenvalue weighted by molar-refractivity contribution is 7.47. The summed E-state index contributed by atoms with van der Waals surface area (Å²) in [5, 5.41) is 20.7. The van der Waals surface area contributed by atoms with Gasteiger partial charge in [-0.2, -0.15) is 0 Å². The number of ether oxygens (including phenoxy) is 3. The van der Waals surface area contributed by atoms with Gasteiger partial charge in [0.05, 0.1) is 26.4 Å². The Kier molecular flexibility index (Phi) is 79.0. The van der Waals surface area contributed by atoms with Crippen LogP contribution in [0, 0.1) is 0 Å². The molecule has 0 bridgehead atoms. The van der Waals surface area contributed by atoms with Crippen molar-refractivity contribution < 1.29 is 75.8 Å². The average Bonchev–Trinajstić information content (AvgIpc) is 0.903. The van der Waals surface area contributed by atoms with Gasteiger partial charge in [-0.1, -0.05) is 326 Å². The predicted molar refractivity (Wildman–Crippen MR) is 454 cm³/mol. The lowest BCUT2D eigenvalue weighted by atomic mass is 10.0. The molecule has 0 aliphatic rings. The number of unbranched alkanes of at least 4 members (excludes halogenated alkanes) is 31. The minimum Gasteiger partial charge on any atom is -0.463 e. The van der Waals surface area contributed by atoms with Gasteiger partial charge in [0, 0.05) is 19.3 Å². The van der Waals surface area contributed by atoms with Gasteiger partial charge in [0.15, 0.2) is 6.10 Å². The molecule has 0 aliphatic heterocycles. The molecule has 0 heterocycles. The topological polar surface area (TPSA) is 231 Å². The lowest BCUT2D eigenvalue weighted by Crippen LogP contribution is -2.30. The van der Waals surface area contributed by atoms with Crippen molar-refractivity contribution in [2.24, 2.45) is 0 Å². The molecular weight excluding hydrogens is 1410 g/mol. The van der Waals surface area contributed by atoms with Crippen molar-refractivity contribution in [1.82, 2.24) is 0 Å². The Labute approximate surface area is 663 Å². The summed E-state index contributed by atoms with van der Waals surface area (Å²) in [5.41, 5.74) is 0. The molecule has 18 heteroatoms. The number of esters is 3. The largest absolute Gasteiger partial charge is 0.472 e. The number of phosphoric acid groups is 2. The minimum absolute atomic E-state index is 0.0760. The van der Waals surface area contributed by atoms with Crippen LogP contribution in [0.2, 0.25) is 0 Å². The first-order chi connectivity index (χ1) is 53.2. The van der Waals surface area contributed by atoms with Crippen LogP contribution in [0.15, 0.2) is 158 Å². The monoisotopic (exact) mass is 1570 g/mol. The number of hydrogen-bond donors (Lipinski definition) is 4. The molecule has 0 saturated carbocycles. The molecule has 0 aromatic carbocycles. The normalized spacial score (nSPS) is 14.7. The lowest BCUT2D eigenvalue weighted by Gasteiger charge is -2.21. The maximum Gasteiger partial charge on any atom is 0.472 e. The summed E-state index contributed by atoms with van der Waals surface area (Å²) in [5.74, 6) is -1.61. The minimum atomic E-state index is -4.95. The van der Waals surface area contributed by atoms with Crippen LogP contribution in [0.25, 0.3) is 0 Å². The van der Waals surface area contributed by atoms with Crippen molar-refractivity contribution >= 4 is 33.6 Å². The second-order valence-corrected chi connectivity index (χ2v) is 31.2. The molecule has 5 unspecified atom stereocenters. The van der Waals surface area contributed by atoms with E-state index in [1.54, 1.807) is 0 Å². The van der Waals surface area contributed by atoms with Crippen LogP contribution in [0.4, 0.5) is 0 Å². The van der Waals surface area contributed by atoms with Crippen LogP contribution in [0.1, 0.15) is 342 Å². The number of rotatable bonds is 80. The van der Waals surface area contributed by atoms with Crippen molar-refractivity contribution in [3.63, 3.8) is 0 Å². The first kappa shape index (κ1) is 104. The second kappa shape index (κ2) is 82.6. The SMILES string of the molecule is CC/C=C\C/C=C\C/C=C\C/C=C\C/C=C\CCCCCCCC(=O)OC(COC(=O)CCCCCCCCCCC/C=C\C/C=C\C/C=C\C/C=C\CCCCC)COP(=O)(O)OCC(O)COP(=O)(O)OCC(O)COC(=O)CCCCCCCCCCCCC/C=C\C/C=C\C/C=C\C/C=C\CCCCC. The van der Waals surface area contributed by atoms with Crippen LogP contribution in [-0.4, -0.2) is 95.9 Å². The highest BCUT2D eigenvalue weighted by atomic mass is 31.2. The lowest BCUT2D eigenvalue weighted by molar-refractivity contribution is -0.161. The molecule has 0 rings (SSSR count). The molecule has 16 nitrogen and oxygen atoms in total. The van der Waals surface area contributed by atoms with Crippen molar-refractivity contribution in [3.05, 3.63) is 158 Å². The Morgan fingerprint density at radius 2 is 0.486 bits per heavy atom.